The topological polar surface area (TPSA) is 88.9 Å². The number of aryl methyl sites for hydroxylation is 3. The van der Waals surface area contributed by atoms with Crippen LogP contribution in [-0.2, 0) is 0 Å². The monoisotopic (exact) mass is 399 g/mol. The van der Waals surface area contributed by atoms with Crippen LogP contribution < -0.4 is 10.1 Å². The summed E-state index contributed by atoms with van der Waals surface area (Å²) in [5, 5.41) is 9.42. The molecule has 5 rings (SSSR count). The van der Waals surface area contributed by atoms with Gasteiger partial charge in [0.1, 0.15) is 28.8 Å². The second-order valence-corrected chi connectivity index (χ2v) is 7.26. The molecule has 0 amide bonds. The average Bonchev–Trinajstić information content (AvgIpc) is 3.26. The summed E-state index contributed by atoms with van der Waals surface area (Å²) >= 11 is 0. The number of nitrogens with zero attached hydrogens (tertiary/aromatic N) is 3. The molecule has 0 atom stereocenters. The zero-order valence-corrected chi connectivity index (χ0v) is 17.2. The lowest BCUT2D eigenvalue weighted by Gasteiger charge is -2.10. The number of hydrogen-bond donors (Lipinski definition) is 2. The summed E-state index contributed by atoms with van der Waals surface area (Å²) in [5.41, 5.74) is 5.37. The summed E-state index contributed by atoms with van der Waals surface area (Å²) in [6, 6.07) is 14.1. The lowest BCUT2D eigenvalue weighted by molar-refractivity contribution is 0.393. The zero-order valence-electron chi connectivity index (χ0n) is 17.2. The fourth-order valence-electron chi connectivity index (χ4n) is 3.92. The van der Waals surface area contributed by atoms with Gasteiger partial charge in [0.25, 0.3) is 0 Å². The van der Waals surface area contributed by atoms with Gasteiger partial charge in [-0.2, -0.15) is 0 Å². The van der Waals surface area contributed by atoms with Crippen molar-refractivity contribution in [3.05, 3.63) is 59.7 Å². The van der Waals surface area contributed by atoms with E-state index in [9.17, 15) is 0 Å². The molecule has 0 spiro atoms. The molecule has 30 heavy (non-hydrogen) atoms. The summed E-state index contributed by atoms with van der Waals surface area (Å²) in [6.07, 6.45) is 0. The maximum absolute atomic E-state index is 5.74. The molecule has 2 aromatic carbocycles. The Kier molecular flexibility index (Phi) is 4.17. The molecule has 0 bridgehead atoms. The number of H-pyrrole nitrogens is 1. The number of rotatable bonds is 4. The van der Waals surface area contributed by atoms with Crippen LogP contribution in [0, 0.1) is 20.8 Å². The van der Waals surface area contributed by atoms with E-state index in [0.717, 1.165) is 61.8 Å². The molecule has 2 N–H and O–H groups in total. The molecule has 0 unspecified atom stereocenters. The van der Waals surface area contributed by atoms with Crippen molar-refractivity contribution in [3.63, 3.8) is 0 Å². The summed E-state index contributed by atoms with van der Waals surface area (Å²) < 4.78 is 11.1. The molecule has 0 radical (unpaired) electrons. The highest BCUT2D eigenvalue weighted by Crippen LogP contribution is 2.40. The minimum Gasteiger partial charge on any atom is -0.496 e. The number of benzene rings is 2. The van der Waals surface area contributed by atoms with Gasteiger partial charge in [0.15, 0.2) is 0 Å². The van der Waals surface area contributed by atoms with Crippen molar-refractivity contribution in [3.8, 4) is 16.9 Å². The second kappa shape index (κ2) is 6.88. The quantitative estimate of drug-likeness (QED) is 0.418. The minimum atomic E-state index is 0.686. The van der Waals surface area contributed by atoms with E-state index < -0.39 is 0 Å². The number of hydrogen-bond acceptors (Lipinski definition) is 6. The first-order valence-corrected chi connectivity index (χ1v) is 9.68. The predicted molar refractivity (Wildman–Crippen MR) is 117 cm³/mol. The maximum Gasteiger partial charge on any atom is 0.144 e. The van der Waals surface area contributed by atoms with Gasteiger partial charge in [-0.15, -0.1) is 0 Å². The van der Waals surface area contributed by atoms with Gasteiger partial charge in [0, 0.05) is 22.2 Å². The Labute approximate surface area is 173 Å². The lowest BCUT2D eigenvalue weighted by Crippen LogP contribution is -1.98. The molecular formula is C23H21N5O2. The van der Waals surface area contributed by atoms with Crippen molar-refractivity contribution >= 4 is 33.4 Å². The molecular weight excluding hydrogens is 378 g/mol. The average molecular weight is 399 g/mol. The third kappa shape index (κ3) is 2.86. The van der Waals surface area contributed by atoms with Gasteiger partial charge in [-0.1, -0.05) is 23.4 Å². The fourth-order valence-corrected chi connectivity index (χ4v) is 3.92. The number of aromatic nitrogens is 4. The highest BCUT2D eigenvalue weighted by atomic mass is 16.5. The van der Waals surface area contributed by atoms with Crippen LogP contribution in [0.25, 0.3) is 33.1 Å². The largest absolute Gasteiger partial charge is 0.496 e. The number of nitrogens with one attached hydrogen (secondary N) is 2. The number of aromatic amines is 1. The van der Waals surface area contributed by atoms with Crippen molar-refractivity contribution < 1.29 is 9.26 Å². The van der Waals surface area contributed by atoms with E-state index in [1.807, 2.05) is 57.2 Å². The zero-order chi connectivity index (χ0) is 20.8. The first kappa shape index (κ1) is 18.2. The van der Waals surface area contributed by atoms with Crippen molar-refractivity contribution in [1.82, 2.24) is 20.1 Å². The highest BCUT2D eigenvalue weighted by Gasteiger charge is 2.20. The Morgan fingerprint density at radius 2 is 1.83 bits per heavy atom. The van der Waals surface area contributed by atoms with Crippen LogP contribution in [0.1, 0.15) is 17.3 Å². The highest BCUT2D eigenvalue weighted by molar-refractivity contribution is 6.13. The Balaban J connectivity index is 1.77. The molecule has 150 valence electrons. The van der Waals surface area contributed by atoms with E-state index in [2.05, 4.69) is 31.5 Å². The Hall–Kier alpha value is -3.87. The molecule has 0 aliphatic heterocycles. The number of fused-ring (bicyclic) bond motifs is 3. The van der Waals surface area contributed by atoms with Gasteiger partial charge in [-0.3, -0.25) is 0 Å². The second-order valence-electron chi connectivity index (χ2n) is 7.26. The Bertz CT molecular complexity index is 1370. The molecule has 0 saturated heterocycles. The van der Waals surface area contributed by atoms with Crippen LogP contribution >= 0.6 is 0 Å². The SMILES string of the molecule is COc1cc2c(cc1-c1c(C)noc1C)[nH]c1nc(C)nc(Nc3ccccc3)c12. The van der Waals surface area contributed by atoms with Crippen molar-refractivity contribution in [2.45, 2.75) is 20.8 Å². The molecule has 3 heterocycles. The number of methoxy groups -OCH3 is 1. The van der Waals surface area contributed by atoms with Gasteiger partial charge in [-0.05, 0) is 45.0 Å². The van der Waals surface area contributed by atoms with Gasteiger partial charge in [-0.25, -0.2) is 9.97 Å². The first-order valence-electron chi connectivity index (χ1n) is 9.68. The normalized spacial score (nSPS) is 11.3. The molecule has 7 nitrogen and oxygen atoms in total. The van der Waals surface area contributed by atoms with E-state index >= 15 is 0 Å². The summed E-state index contributed by atoms with van der Waals surface area (Å²) in [4.78, 5) is 12.7. The molecule has 0 fully saturated rings. The summed E-state index contributed by atoms with van der Waals surface area (Å²) in [7, 11) is 1.67. The maximum atomic E-state index is 5.74. The van der Waals surface area contributed by atoms with E-state index in [1.165, 1.54) is 0 Å². The number of anilines is 2. The van der Waals surface area contributed by atoms with Crippen LogP contribution in [-0.4, -0.2) is 27.2 Å². The van der Waals surface area contributed by atoms with Crippen molar-refractivity contribution in [2.24, 2.45) is 0 Å². The van der Waals surface area contributed by atoms with Gasteiger partial charge >= 0.3 is 0 Å². The first-order chi connectivity index (χ1) is 14.5. The van der Waals surface area contributed by atoms with E-state index in [4.69, 9.17) is 9.26 Å². The summed E-state index contributed by atoms with van der Waals surface area (Å²) in [5.74, 6) is 2.93. The van der Waals surface area contributed by atoms with Gasteiger partial charge in [0.2, 0.25) is 0 Å². The van der Waals surface area contributed by atoms with Gasteiger partial charge in [0.05, 0.1) is 23.8 Å². The van der Waals surface area contributed by atoms with Crippen molar-refractivity contribution in [2.75, 3.05) is 12.4 Å². The van der Waals surface area contributed by atoms with Crippen LogP contribution in [0.2, 0.25) is 0 Å². The molecule has 0 aliphatic carbocycles. The van der Waals surface area contributed by atoms with Crippen LogP contribution in [0.4, 0.5) is 11.5 Å². The van der Waals surface area contributed by atoms with Crippen LogP contribution in [0.15, 0.2) is 47.0 Å². The third-order valence-corrected chi connectivity index (χ3v) is 5.22. The smallest absolute Gasteiger partial charge is 0.144 e. The molecule has 0 saturated carbocycles. The van der Waals surface area contributed by atoms with E-state index in [0.29, 0.717) is 5.82 Å². The number of para-hydroxylation sites is 1. The Morgan fingerprint density at radius 1 is 1.03 bits per heavy atom. The molecule has 5 aromatic rings. The van der Waals surface area contributed by atoms with E-state index in [-0.39, 0.29) is 0 Å². The van der Waals surface area contributed by atoms with Gasteiger partial charge < -0.3 is 19.6 Å². The molecule has 0 aliphatic rings. The van der Waals surface area contributed by atoms with Crippen LogP contribution in [0.3, 0.4) is 0 Å². The van der Waals surface area contributed by atoms with Crippen LogP contribution in [0.5, 0.6) is 5.75 Å². The number of ether oxygens (including phenoxy) is 1. The van der Waals surface area contributed by atoms with Crippen molar-refractivity contribution in [1.29, 1.82) is 0 Å². The summed E-state index contributed by atoms with van der Waals surface area (Å²) in [6.45, 7) is 5.72. The fraction of sp³-hybridized carbons (Fsp3) is 0.174. The predicted octanol–water partition coefficient (Wildman–Crippen LogP) is 5.44. The standard InChI is InChI=1S/C23H21N5O2/c1-12-20(13(2)30-28-12)17-10-18-16(11-19(17)29-4)21-22(24-14(3)25-23(21)27-18)26-15-8-6-5-7-9-15/h5-11H,1-4H3,(H2,24,25,26,27). The Morgan fingerprint density at radius 3 is 2.53 bits per heavy atom. The van der Waals surface area contributed by atoms with E-state index in [1.54, 1.807) is 7.11 Å². The molecule has 7 heteroatoms. The minimum absolute atomic E-state index is 0.686. The molecule has 3 aromatic heterocycles. The lowest BCUT2D eigenvalue weighted by atomic mass is 10.0. The third-order valence-electron chi connectivity index (χ3n) is 5.22.